The predicted octanol–water partition coefficient (Wildman–Crippen LogP) is 5.91. The molecule has 0 unspecified atom stereocenters. The number of aromatic nitrogens is 1. The largest absolute Gasteiger partial charge is 3.00 e. The van der Waals surface area contributed by atoms with Crippen molar-refractivity contribution in [2.45, 2.75) is 0 Å². The molecule has 0 aliphatic carbocycles. The van der Waals surface area contributed by atoms with Crippen LogP contribution in [0.5, 0.6) is 0 Å². The molecule has 1 aliphatic rings. The van der Waals surface area contributed by atoms with Crippen molar-refractivity contribution in [3.8, 4) is 28.5 Å². The predicted molar refractivity (Wildman–Crippen MR) is 128 cm³/mol. The molecule has 4 nitrogen and oxygen atoms in total. The summed E-state index contributed by atoms with van der Waals surface area (Å²) in [4.78, 5) is 8.39. The Morgan fingerprint density at radius 3 is 2.36 bits per heavy atom. The first-order valence-corrected chi connectivity index (χ1v) is 10.2. The van der Waals surface area contributed by atoms with Gasteiger partial charge >= 0.3 is 20.1 Å². The molecular weight excluding hydrogens is 585 g/mol. The van der Waals surface area contributed by atoms with Gasteiger partial charge in [-0.15, -0.1) is 47.6 Å². The van der Waals surface area contributed by atoms with Crippen molar-refractivity contribution in [2.75, 3.05) is 11.9 Å². The monoisotopic (exact) mass is 606 g/mol. The average Bonchev–Trinajstić information content (AvgIpc) is 3.32. The van der Waals surface area contributed by atoms with Crippen LogP contribution in [-0.2, 0) is 20.1 Å². The fraction of sp³-hybridized carbons (Fsp3) is 0.0357. The second kappa shape index (κ2) is 11.8. The Balaban J connectivity index is 0.000000186. The average molecular weight is 606 g/mol. The van der Waals surface area contributed by atoms with Gasteiger partial charge in [0.2, 0.25) is 0 Å². The van der Waals surface area contributed by atoms with Crippen molar-refractivity contribution >= 4 is 5.69 Å². The third-order valence-electron chi connectivity index (χ3n) is 4.83. The summed E-state index contributed by atoms with van der Waals surface area (Å²) in [7, 11) is 1.96. The Labute approximate surface area is 208 Å². The summed E-state index contributed by atoms with van der Waals surface area (Å²) < 4.78 is 0. The Kier molecular flexibility index (Phi) is 8.55. The van der Waals surface area contributed by atoms with Crippen molar-refractivity contribution in [1.29, 1.82) is 5.26 Å². The number of nitriles is 1. The van der Waals surface area contributed by atoms with Gasteiger partial charge in [-0.3, -0.25) is 0 Å². The van der Waals surface area contributed by atoms with E-state index in [0.717, 1.165) is 22.5 Å². The molecule has 0 saturated heterocycles. The van der Waals surface area contributed by atoms with E-state index in [2.05, 4.69) is 41.4 Å². The van der Waals surface area contributed by atoms with Crippen molar-refractivity contribution in [3.05, 3.63) is 128 Å². The minimum atomic E-state index is 0. The van der Waals surface area contributed by atoms with Gasteiger partial charge in [-0.25, -0.2) is 5.26 Å². The van der Waals surface area contributed by atoms with Gasteiger partial charge in [0.1, 0.15) is 0 Å². The topological polar surface area (TPSA) is 43.2 Å². The maximum absolute atomic E-state index is 8.62. The molecule has 0 spiro atoms. The number of rotatable bonds is 3. The van der Waals surface area contributed by atoms with Gasteiger partial charge in [0.25, 0.3) is 0 Å². The van der Waals surface area contributed by atoms with Crippen molar-refractivity contribution in [3.63, 3.8) is 0 Å². The maximum Gasteiger partial charge on any atom is 3.00 e. The van der Waals surface area contributed by atoms with E-state index in [4.69, 9.17) is 5.26 Å². The number of anilines is 1. The van der Waals surface area contributed by atoms with Crippen molar-refractivity contribution in [2.24, 2.45) is 0 Å². The fourth-order valence-electron chi connectivity index (χ4n) is 3.25. The summed E-state index contributed by atoms with van der Waals surface area (Å²) in [5, 5.41) is 8.62. The Morgan fingerprint density at radius 1 is 0.909 bits per heavy atom. The van der Waals surface area contributed by atoms with Gasteiger partial charge < -0.3 is 14.8 Å². The van der Waals surface area contributed by atoms with Crippen LogP contribution in [0.25, 0.3) is 22.4 Å². The standard InChI is InChI=1S/C17H12N.C11H9N3.Ir/c1-3-8-14(9-4-1)16-12-7-13-18-17(16)15-10-5-2-6-11-15;1-13-6-7-14(9-13)11-4-2-10(8-12)3-5-11;/h1-10,12-13H;2-4,6-7,9H,1H3;/q-1;-2;+3. The van der Waals surface area contributed by atoms with Crippen LogP contribution in [0.15, 0.2) is 104 Å². The first-order chi connectivity index (χ1) is 15.7. The summed E-state index contributed by atoms with van der Waals surface area (Å²) >= 11 is 0. The molecular formula is C28H21IrN4. The third kappa shape index (κ3) is 6.17. The van der Waals surface area contributed by atoms with Crippen LogP contribution in [-0.4, -0.2) is 16.9 Å². The molecule has 0 bridgehead atoms. The van der Waals surface area contributed by atoms with Crippen LogP contribution in [0.3, 0.4) is 0 Å². The Bertz CT molecular complexity index is 1160. The number of hydrogen-bond acceptors (Lipinski definition) is 4. The van der Waals surface area contributed by atoms with Crippen LogP contribution in [0.1, 0.15) is 5.56 Å². The molecule has 5 rings (SSSR count). The van der Waals surface area contributed by atoms with Gasteiger partial charge in [-0.1, -0.05) is 42.0 Å². The molecule has 1 aliphatic heterocycles. The first kappa shape index (κ1) is 23.9. The van der Waals surface area contributed by atoms with E-state index in [0.29, 0.717) is 5.56 Å². The fourth-order valence-corrected chi connectivity index (χ4v) is 3.25. The molecule has 162 valence electrons. The number of pyridine rings is 1. The van der Waals surface area contributed by atoms with E-state index in [9.17, 15) is 0 Å². The third-order valence-corrected chi connectivity index (χ3v) is 4.83. The summed E-state index contributed by atoms with van der Waals surface area (Å²) in [5.74, 6) is 0. The smallest absolute Gasteiger partial charge is 0.510 e. The number of hydrogen-bond donors (Lipinski definition) is 0. The SMILES string of the molecule is CN1C=CN(c2[c-]cc(C#N)cc2)[CH-]1.[Ir+3].[c-]1ccccc1-c1ncccc1-c1ccccc1. The van der Waals surface area contributed by atoms with E-state index in [-0.39, 0.29) is 20.1 Å². The minimum absolute atomic E-state index is 0. The van der Waals surface area contributed by atoms with Crippen LogP contribution in [0.4, 0.5) is 5.69 Å². The first-order valence-electron chi connectivity index (χ1n) is 10.2. The molecule has 3 aromatic carbocycles. The van der Waals surface area contributed by atoms with E-state index in [1.807, 2.05) is 96.7 Å². The zero-order chi connectivity index (χ0) is 22.2. The van der Waals surface area contributed by atoms with Gasteiger partial charge in [0, 0.05) is 12.3 Å². The molecule has 33 heavy (non-hydrogen) atoms. The summed E-state index contributed by atoms with van der Waals surface area (Å²) in [6.07, 6.45) is 5.71. The second-order valence-corrected chi connectivity index (χ2v) is 7.10. The Morgan fingerprint density at radius 2 is 1.73 bits per heavy atom. The molecule has 0 fully saturated rings. The molecule has 0 saturated carbocycles. The zero-order valence-electron chi connectivity index (χ0n) is 18.0. The molecule has 0 amide bonds. The molecule has 0 N–H and O–H groups in total. The molecule has 2 heterocycles. The van der Waals surface area contributed by atoms with E-state index in [1.165, 1.54) is 5.56 Å². The van der Waals surface area contributed by atoms with Crippen LogP contribution >= 0.6 is 0 Å². The van der Waals surface area contributed by atoms with Crippen LogP contribution in [0.2, 0.25) is 0 Å². The summed E-state index contributed by atoms with van der Waals surface area (Å²) in [6.45, 7) is 1.94. The Hall–Kier alpha value is -3.71. The van der Waals surface area contributed by atoms with Crippen LogP contribution in [0, 0.1) is 30.1 Å². The van der Waals surface area contributed by atoms with Crippen molar-refractivity contribution in [1.82, 2.24) is 9.88 Å². The normalized spacial score (nSPS) is 11.8. The van der Waals surface area contributed by atoms with Crippen molar-refractivity contribution < 1.29 is 20.1 Å². The number of benzene rings is 3. The summed E-state index contributed by atoms with van der Waals surface area (Å²) in [6, 6.07) is 36.0. The molecule has 5 heteroatoms. The summed E-state index contributed by atoms with van der Waals surface area (Å²) in [5.41, 5.74) is 5.88. The molecule has 4 aromatic rings. The maximum atomic E-state index is 8.62. The molecule has 1 aromatic heterocycles. The van der Waals surface area contributed by atoms with Gasteiger partial charge in [-0.2, -0.15) is 24.9 Å². The zero-order valence-corrected chi connectivity index (χ0v) is 20.4. The van der Waals surface area contributed by atoms with Gasteiger partial charge in [0.05, 0.1) is 0 Å². The quantitative estimate of drug-likeness (QED) is 0.272. The van der Waals surface area contributed by atoms with E-state index in [1.54, 1.807) is 12.1 Å². The van der Waals surface area contributed by atoms with E-state index < -0.39 is 0 Å². The van der Waals surface area contributed by atoms with Crippen LogP contribution < -0.4 is 4.90 Å². The molecule has 0 radical (unpaired) electrons. The van der Waals surface area contributed by atoms with E-state index >= 15 is 0 Å². The van der Waals surface area contributed by atoms with Gasteiger partial charge in [-0.05, 0) is 42.3 Å². The number of nitrogens with zero attached hydrogens (tertiary/aromatic N) is 4. The molecule has 0 atom stereocenters. The minimum Gasteiger partial charge on any atom is -0.510 e. The second-order valence-electron chi connectivity index (χ2n) is 7.10. The van der Waals surface area contributed by atoms with Gasteiger partial charge in [0.15, 0.2) is 0 Å².